The maximum atomic E-state index is 11.9. The van der Waals surface area contributed by atoms with Gasteiger partial charge in [0.15, 0.2) is 0 Å². The van der Waals surface area contributed by atoms with Gasteiger partial charge in [-0.05, 0) is 43.6 Å². The number of rotatable bonds is 6. The molecule has 4 nitrogen and oxygen atoms in total. The Morgan fingerprint density at radius 3 is 2.52 bits per heavy atom. The third kappa shape index (κ3) is 6.05. The average Bonchev–Trinajstić information content (AvgIpc) is 2.57. The Labute approximate surface area is 139 Å². The van der Waals surface area contributed by atoms with Gasteiger partial charge in [0.05, 0.1) is 0 Å². The predicted molar refractivity (Wildman–Crippen MR) is 92.0 cm³/mol. The van der Waals surface area contributed by atoms with Crippen LogP contribution in [-0.4, -0.2) is 24.4 Å². The number of unbranched alkanes of at least 4 members (excludes halogenated alkanes) is 1. The summed E-state index contributed by atoms with van der Waals surface area (Å²) in [4.78, 5) is 23.8. The van der Waals surface area contributed by atoms with Crippen LogP contribution in [0.2, 0.25) is 0 Å². The number of benzene rings is 1. The minimum atomic E-state index is -0.498. The molecule has 2 amide bonds. The van der Waals surface area contributed by atoms with E-state index in [1.54, 1.807) is 0 Å². The van der Waals surface area contributed by atoms with Crippen molar-refractivity contribution in [2.24, 2.45) is 5.92 Å². The molecule has 2 atom stereocenters. The standard InChI is InChI=1S/C19H28N2O2/c1-15-9-5-6-13-17(15)21-19(23)18(22)20-14-8-7-12-16-10-3-2-4-11-16/h2-4,10-11,15,17H,5-9,12-14H2,1H3,(H,20,22)(H,21,23)/t15-,17-/m1/s1. The smallest absolute Gasteiger partial charge is 0.309 e. The van der Waals surface area contributed by atoms with Crippen molar-refractivity contribution < 1.29 is 9.59 Å². The quantitative estimate of drug-likeness (QED) is 0.626. The Morgan fingerprint density at radius 2 is 1.78 bits per heavy atom. The number of hydrogen-bond donors (Lipinski definition) is 2. The van der Waals surface area contributed by atoms with E-state index in [1.165, 1.54) is 12.0 Å². The molecule has 23 heavy (non-hydrogen) atoms. The monoisotopic (exact) mass is 316 g/mol. The Bertz CT molecular complexity index is 501. The first-order valence-electron chi connectivity index (χ1n) is 8.79. The second-order valence-electron chi connectivity index (χ2n) is 6.54. The van der Waals surface area contributed by atoms with Crippen LogP contribution in [0.25, 0.3) is 0 Å². The van der Waals surface area contributed by atoms with Gasteiger partial charge in [-0.1, -0.05) is 50.1 Å². The molecule has 0 radical (unpaired) electrons. The molecule has 1 aliphatic carbocycles. The maximum Gasteiger partial charge on any atom is 0.309 e. The van der Waals surface area contributed by atoms with Crippen molar-refractivity contribution >= 4 is 11.8 Å². The third-order valence-corrected chi connectivity index (χ3v) is 4.65. The first-order chi connectivity index (χ1) is 11.2. The van der Waals surface area contributed by atoms with E-state index in [0.29, 0.717) is 12.5 Å². The first kappa shape index (κ1) is 17.5. The highest BCUT2D eigenvalue weighted by Gasteiger charge is 2.25. The van der Waals surface area contributed by atoms with E-state index >= 15 is 0 Å². The zero-order chi connectivity index (χ0) is 16.5. The Balaban J connectivity index is 1.59. The maximum absolute atomic E-state index is 11.9. The normalized spacial score (nSPS) is 20.7. The molecule has 0 saturated heterocycles. The van der Waals surface area contributed by atoms with Crippen LogP contribution in [0.1, 0.15) is 51.0 Å². The van der Waals surface area contributed by atoms with Crippen molar-refractivity contribution in [1.82, 2.24) is 10.6 Å². The van der Waals surface area contributed by atoms with Gasteiger partial charge in [-0.25, -0.2) is 0 Å². The second-order valence-corrected chi connectivity index (χ2v) is 6.54. The molecule has 0 aliphatic heterocycles. The molecular formula is C19H28N2O2. The van der Waals surface area contributed by atoms with Gasteiger partial charge in [-0.2, -0.15) is 0 Å². The molecule has 1 aromatic rings. The first-order valence-corrected chi connectivity index (χ1v) is 8.79. The van der Waals surface area contributed by atoms with Crippen LogP contribution in [0.4, 0.5) is 0 Å². The molecule has 2 N–H and O–H groups in total. The number of hydrogen-bond acceptors (Lipinski definition) is 2. The van der Waals surface area contributed by atoms with Gasteiger partial charge < -0.3 is 10.6 Å². The summed E-state index contributed by atoms with van der Waals surface area (Å²) in [5.41, 5.74) is 1.31. The van der Waals surface area contributed by atoms with Crippen molar-refractivity contribution in [3.8, 4) is 0 Å². The minimum absolute atomic E-state index is 0.153. The van der Waals surface area contributed by atoms with Crippen molar-refractivity contribution in [2.45, 2.75) is 57.9 Å². The molecular weight excluding hydrogens is 288 g/mol. The lowest BCUT2D eigenvalue weighted by Gasteiger charge is -2.29. The molecule has 0 bridgehead atoms. The minimum Gasteiger partial charge on any atom is -0.348 e. The van der Waals surface area contributed by atoms with Gasteiger partial charge >= 0.3 is 11.8 Å². The van der Waals surface area contributed by atoms with Gasteiger partial charge in [0.2, 0.25) is 0 Å². The predicted octanol–water partition coefficient (Wildman–Crippen LogP) is 2.82. The van der Waals surface area contributed by atoms with Gasteiger partial charge in [0, 0.05) is 12.6 Å². The molecule has 0 aromatic heterocycles. The Hall–Kier alpha value is -1.84. The summed E-state index contributed by atoms with van der Waals surface area (Å²) in [6, 6.07) is 10.5. The zero-order valence-corrected chi connectivity index (χ0v) is 14.0. The van der Waals surface area contributed by atoms with E-state index < -0.39 is 11.8 Å². The van der Waals surface area contributed by atoms with Crippen LogP contribution < -0.4 is 10.6 Å². The van der Waals surface area contributed by atoms with Crippen LogP contribution in [0.15, 0.2) is 30.3 Å². The fourth-order valence-corrected chi connectivity index (χ4v) is 3.15. The Kier molecular flexibility index (Phi) is 7.11. The van der Waals surface area contributed by atoms with E-state index in [-0.39, 0.29) is 6.04 Å². The van der Waals surface area contributed by atoms with Gasteiger partial charge in [0.1, 0.15) is 0 Å². The van der Waals surface area contributed by atoms with E-state index in [0.717, 1.165) is 38.5 Å². The zero-order valence-electron chi connectivity index (χ0n) is 14.0. The van der Waals surface area contributed by atoms with Gasteiger partial charge in [-0.15, -0.1) is 0 Å². The summed E-state index contributed by atoms with van der Waals surface area (Å²) in [5, 5.41) is 5.61. The van der Waals surface area contributed by atoms with Crippen molar-refractivity contribution in [3.05, 3.63) is 35.9 Å². The average molecular weight is 316 g/mol. The lowest BCUT2D eigenvalue weighted by Crippen LogP contribution is -2.47. The highest BCUT2D eigenvalue weighted by molar-refractivity contribution is 6.35. The van der Waals surface area contributed by atoms with Gasteiger partial charge in [-0.3, -0.25) is 9.59 Å². The molecule has 1 aromatic carbocycles. The second kappa shape index (κ2) is 9.33. The topological polar surface area (TPSA) is 58.2 Å². The number of amides is 2. The number of carbonyl (C=O) groups is 2. The molecule has 1 fully saturated rings. The largest absolute Gasteiger partial charge is 0.348 e. The number of nitrogens with one attached hydrogen (secondary N) is 2. The number of carbonyl (C=O) groups excluding carboxylic acids is 2. The fraction of sp³-hybridized carbons (Fsp3) is 0.579. The van der Waals surface area contributed by atoms with Crippen LogP contribution >= 0.6 is 0 Å². The summed E-state index contributed by atoms with van der Waals surface area (Å²) in [6.07, 6.45) is 7.36. The van der Waals surface area contributed by atoms with E-state index in [9.17, 15) is 9.59 Å². The summed E-state index contributed by atoms with van der Waals surface area (Å²) >= 11 is 0. The number of aryl methyl sites for hydroxylation is 1. The summed E-state index contributed by atoms with van der Waals surface area (Å²) in [6.45, 7) is 2.70. The van der Waals surface area contributed by atoms with Crippen molar-refractivity contribution in [2.75, 3.05) is 6.54 Å². The highest BCUT2D eigenvalue weighted by Crippen LogP contribution is 2.23. The summed E-state index contributed by atoms with van der Waals surface area (Å²) in [5.74, 6) is -0.513. The van der Waals surface area contributed by atoms with Crippen molar-refractivity contribution in [1.29, 1.82) is 0 Å². The molecule has 2 rings (SSSR count). The fourth-order valence-electron chi connectivity index (χ4n) is 3.15. The summed E-state index contributed by atoms with van der Waals surface area (Å²) in [7, 11) is 0. The van der Waals surface area contributed by atoms with E-state index in [1.807, 2.05) is 18.2 Å². The SMILES string of the molecule is C[C@@H]1CCCC[C@H]1NC(=O)C(=O)NCCCCc1ccccc1. The molecule has 0 heterocycles. The van der Waals surface area contributed by atoms with E-state index in [2.05, 4.69) is 29.7 Å². The lowest BCUT2D eigenvalue weighted by atomic mass is 9.86. The van der Waals surface area contributed by atoms with Crippen LogP contribution in [-0.2, 0) is 16.0 Å². The van der Waals surface area contributed by atoms with E-state index in [4.69, 9.17) is 0 Å². The molecule has 1 aliphatic rings. The molecule has 1 saturated carbocycles. The van der Waals surface area contributed by atoms with Crippen molar-refractivity contribution in [3.63, 3.8) is 0 Å². The highest BCUT2D eigenvalue weighted by atomic mass is 16.2. The molecule has 4 heteroatoms. The molecule has 0 unspecified atom stereocenters. The molecule has 126 valence electrons. The van der Waals surface area contributed by atoms with Crippen LogP contribution in [0.5, 0.6) is 0 Å². The lowest BCUT2D eigenvalue weighted by molar-refractivity contribution is -0.140. The third-order valence-electron chi connectivity index (χ3n) is 4.65. The Morgan fingerprint density at radius 1 is 1.04 bits per heavy atom. The van der Waals surface area contributed by atoms with Crippen LogP contribution in [0.3, 0.4) is 0 Å². The summed E-state index contributed by atoms with van der Waals surface area (Å²) < 4.78 is 0. The molecule has 0 spiro atoms. The van der Waals surface area contributed by atoms with Crippen LogP contribution in [0, 0.1) is 5.92 Å². The van der Waals surface area contributed by atoms with Gasteiger partial charge in [0.25, 0.3) is 0 Å².